The molecule has 1 aromatic heterocycles. The zero-order chi connectivity index (χ0) is 30.1. The molecule has 3 N–H and O–H groups in total. The number of benzene rings is 2. The van der Waals surface area contributed by atoms with E-state index >= 15 is 0 Å². The largest absolute Gasteiger partial charge is 0.457 e. The Balaban J connectivity index is 0.000000216. The molecule has 222 valence electrons. The van der Waals surface area contributed by atoms with Gasteiger partial charge < -0.3 is 20.7 Å². The molecule has 0 bridgehead atoms. The molecule has 0 radical (unpaired) electrons. The molecule has 5 rings (SSSR count). The van der Waals surface area contributed by atoms with Gasteiger partial charge in [-0.15, -0.1) is 0 Å². The van der Waals surface area contributed by atoms with E-state index in [4.69, 9.17) is 10.5 Å². The Morgan fingerprint density at radius 3 is 2.33 bits per heavy atom. The van der Waals surface area contributed by atoms with Crippen LogP contribution in [0.15, 0.2) is 84.0 Å². The Kier molecular flexibility index (Phi) is 10.3. The summed E-state index contributed by atoms with van der Waals surface area (Å²) < 4.78 is 29.7. The van der Waals surface area contributed by atoms with Crippen molar-refractivity contribution >= 4 is 27.7 Å². The van der Waals surface area contributed by atoms with Gasteiger partial charge in [0.05, 0.1) is 21.6 Å². The lowest BCUT2D eigenvalue weighted by atomic mass is 9.88. The summed E-state index contributed by atoms with van der Waals surface area (Å²) in [7, 11) is -1.64. The summed E-state index contributed by atoms with van der Waals surface area (Å²) in [6, 6.07) is 19.4. The monoisotopic (exact) mass is 592 g/mol. The number of esters is 1. The molecule has 3 aromatic rings. The number of ether oxygens (including phenoxy) is 1. The fourth-order valence-corrected chi connectivity index (χ4v) is 6.53. The number of carbonyl (C=O) groups is 3. The Bertz CT molecular complexity index is 1460. The highest BCUT2D eigenvalue weighted by atomic mass is 32.2. The van der Waals surface area contributed by atoms with Crippen LogP contribution in [0.3, 0.4) is 0 Å². The predicted molar refractivity (Wildman–Crippen MR) is 157 cm³/mol. The number of amides is 3. The van der Waals surface area contributed by atoms with Crippen molar-refractivity contribution in [3.8, 4) is 0 Å². The fraction of sp³-hybridized carbons (Fsp3) is 0.355. The van der Waals surface area contributed by atoms with Gasteiger partial charge in [-0.25, -0.2) is 18.0 Å². The van der Waals surface area contributed by atoms with Gasteiger partial charge >= 0.3 is 12.0 Å². The summed E-state index contributed by atoms with van der Waals surface area (Å²) in [5, 5.41) is 2.35. The topological polar surface area (TPSA) is 149 Å². The van der Waals surface area contributed by atoms with Crippen molar-refractivity contribution in [1.29, 1.82) is 0 Å². The zero-order valence-electron chi connectivity index (χ0n) is 23.5. The molecule has 2 aromatic carbocycles. The Hall–Kier alpha value is -4.25. The molecular formula is C31H36N4O6S. The minimum absolute atomic E-state index is 0.113. The van der Waals surface area contributed by atoms with Crippen LogP contribution >= 0.6 is 0 Å². The average Bonchev–Trinajstić information content (AvgIpc) is 3.78. The molecule has 2 fully saturated rings. The second-order valence-electron chi connectivity index (χ2n) is 10.5. The zero-order valence-corrected chi connectivity index (χ0v) is 24.3. The number of nitrogens with two attached hydrogens (primary N) is 1. The van der Waals surface area contributed by atoms with Gasteiger partial charge in [0.25, 0.3) is 0 Å². The molecule has 1 aliphatic heterocycles. The van der Waals surface area contributed by atoms with Gasteiger partial charge in [-0.2, -0.15) is 0 Å². The highest BCUT2D eigenvalue weighted by Gasteiger charge is 2.37. The molecule has 2 atom stereocenters. The molecule has 0 unspecified atom stereocenters. The van der Waals surface area contributed by atoms with Crippen LogP contribution < -0.4 is 11.1 Å². The lowest BCUT2D eigenvalue weighted by Gasteiger charge is -2.19. The summed E-state index contributed by atoms with van der Waals surface area (Å²) >= 11 is 0. The minimum atomic E-state index is -3.24. The SMILES string of the molecule is CNC(=O)N1CC[C@H](C[C@@H](C(N)=O)c2ccc(S(=O)(=O)C3CC3)cc2)C1.O=C(OCc1ccccc1)c1cccnc1. The van der Waals surface area contributed by atoms with Gasteiger partial charge in [0.1, 0.15) is 6.61 Å². The highest BCUT2D eigenvalue weighted by molar-refractivity contribution is 7.92. The van der Waals surface area contributed by atoms with E-state index < -0.39 is 21.7 Å². The van der Waals surface area contributed by atoms with E-state index in [1.807, 2.05) is 30.3 Å². The summed E-state index contributed by atoms with van der Waals surface area (Å²) in [6.45, 7) is 1.54. The van der Waals surface area contributed by atoms with E-state index in [2.05, 4.69) is 10.3 Å². The fourth-order valence-electron chi connectivity index (χ4n) is 4.87. The van der Waals surface area contributed by atoms with Crippen molar-refractivity contribution in [1.82, 2.24) is 15.2 Å². The van der Waals surface area contributed by atoms with Crippen molar-refractivity contribution in [2.75, 3.05) is 20.1 Å². The van der Waals surface area contributed by atoms with E-state index in [-0.39, 0.29) is 29.8 Å². The summed E-state index contributed by atoms with van der Waals surface area (Å²) in [5.41, 5.74) is 7.77. The number of nitrogens with one attached hydrogen (secondary N) is 1. The lowest BCUT2D eigenvalue weighted by Crippen LogP contribution is -2.36. The number of aromatic nitrogens is 1. The first-order valence-electron chi connectivity index (χ1n) is 13.9. The quantitative estimate of drug-likeness (QED) is 0.360. The number of primary amides is 1. The maximum Gasteiger partial charge on any atom is 0.340 e. The normalized spacial score (nSPS) is 17.0. The molecule has 11 heteroatoms. The van der Waals surface area contributed by atoms with Crippen LogP contribution in [0.2, 0.25) is 0 Å². The number of hydrogen-bond donors (Lipinski definition) is 2. The van der Waals surface area contributed by atoms with Crippen LogP contribution in [0.1, 0.15) is 53.1 Å². The summed E-state index contributed by atoms with van der Waals surface area (Å²) in [6.07, 6.45) is 5.93. The Labute approximate surface area is 246 Å². The molecule has 2 heterocycles. The first-order valence-corrected chi connectivity index (χ1v) is 15.4. The van der Waals surface area contributed by atoms with Gasteiger partial charge in [-0.05, 0) is 67.0 Å². The third-order valence-electron chi connectivity index (χ3n) is 7.38. The maximum absolute atomic E-state index is 12.3. The Morgan fingerprint density at radius 1 is 1.02 bits per heavy atom. The lowest BCUT2D eigenvalue weighted by molar-refractivity contribution is -0.119. The molecule has 1 saturated carbocycles. The molecule has 3 amide bonds. The average molecular weight is 593 g/mol. The van der Waals surface area contributed by atoms with E-state index in [0.29, 0.717) is 30.0 Å². The summed E-state index contributed by atoms with van der Waals surface area (Å²) in [5.74, 6) is -1.07. The molecular weight excluding hydrogens is 556 g/mol. The van der Waals surface area contributed by atoms with Gasteiger partial charge in [0, 0.05) is 32.5 Å². The van der Waals surface area contributed by atoms with E-state index in [1.165, 1.54) is 6.20 Å². The van der Waals surface area contributed by atoms with Crippen molar-refractivity contribution in [2.45, 2.75) is 48.4 Å². The van der Waals surface area contributed by atoms with Crippen LogP contribution in [0.25, 0.3) is 0 Å². The second kappa shape index (κ2) is 14.1. The molecule has 10 nitrogen and oxygen atoms in total. The summed E-state index contributed by atoms with van der Waals surface area (Å²) in [4.78, 5) is 41.1. The predicted octanol–water partition coefficient (Wildman–Crippen LogP) is 3.68. The molecule has 1 aliphatic carbocycles. The van der Waals surface area contributed by atoms with Crippen LogP contribution in [0, 0.1) is 5.92 Å². The van der Waals surface area contributed by atoms with E-state index in [1.54, 1.807) is 54.5 Å². The maximum atomic E-state index is 12.3. The van der Waals surface area contributed by atoms with E-state index in [9.17, 15) is 22.8 Å². The number of hydrogen-bond acceptors (Lipinski definition) is 7. The number of sulfone groups is 1. The number of rotatable bonds is 9. The number of urea groups is 1. The van der Waals surface area contributed by atoms with Gasteiger partial charge in [-0.3, -0.25) is 9.78 Å². The second-order valence-corrected chi connectivity index (χ2v) is 12.7. The van der Waals surface area contributed by atoms with E-state index in [0.717, 1.165) is 30.4 Å². The standard InChI is InChI=1S/C18H25N3O4S.C13H11NO2/c1-20-18(23)21-9-8-12(11-21)10-16(17(19)22)13-2-4-14(5-3-13)26(24,25)15-6-7-15;15-13(12-7-4-8-14-9-12)16-10-11-5-2-1-3-6-11/h2-5,12,15-16H,6-11H2,1H3,(H2,19,22)(H,20,23);1-9H,10H2/t12-,16-;/m1./s1. The highest BCUT2D eigenvalue weighted by Crippen LogP contribution is 2.35. The third kappa shape index (κ3) is 8.16. The smallest absolute Gasteiger partial charge is 0.340 e. The first-order chi connectivity index (χ1) is 20.2. The molecule has 1 saturated heterocycles. The van der Waals surface area contributed by atoms with Crippen LogP contribution in [0.5, 0.6) is 0 Å². The minimum Gasteiger partial charge on any atom is -0.457 e. The van der Waals surface area contributed by atoms with Crippen LogP contribution in [-0.4, -0.2) is 61.6 Å². The Morgan fingerprint density at radius 2 is 1.74 bits per heavy atom. The van der Waals surface area contributed by atoms with Crippen molar-refractivity contribution in [3.05, 3.63) is 95.8 Å². The van der Waals surface area contributed by atoms with Crippen molar-refractivity contribution in [2.24, 2.45) is 11.7 Å². The van der Waals surface area contributed by atoms with Crippen molar-refractivity contribution < 1.29 is 27.5 Å². The van der Waals surface area contributed by atoms with Crippen LogP contribution in [0.4, 0.5) is 4.79 Å². The first kappa shape index (κ1) is 30.7. The third-order valence-corrected chi connectivity index (χ3v) is 9.66. The molecule has 0 spiro atoms. The molecule has 2 aliphatic rings. The van der Waals surface area contributed by atoms with Gasteiger partial charge in [0.15, 0.2) is 9.84 Å². The molecule has 42 heavy (non-hydrogen) atoms. The van der Waals surface area contributed by atoms with Crippen molar-refractivity contribution in [3.63, 3.8) is 0 Å². The number of likely N-dealkylation sites (tertiary alicyclic amines) is 1. The van der Waals surface area contributed by atoms with Crippen LogP contribution in [-0.2, 0) is 26.0 Å². The number of nitrogens with zero attached hydrogens (tertiary/aromatic N) is 2. The van der Waals surface area contributed by atoms with Gasteiger partial charge in [0.2, 0.25) is 5.91 Å². The number of pyridine rings is 1. The van der Waals surface area contributed by atoms with Gasteiger partial charge in [-0.1, -0.05) is 42.5 Å². The number of carbonyl (C=O) groups excluding carboxylic acids is 3.